The van der Waals surface area contributed by atoms with Gasteiger partial charge in [0.25, 0.3) is 0 Å². The Hall–Kier alpha value is -2.15. The van der Waals surface area contributed by atoms with E-state index in [2.05, 4.69) is 21.0 Å². The van der Waals surface area contributed by atoms with Crippen LogP contribution in [0.2, 0.25) is 0 Å². The molecule has 0 amide bonds. The summed E-state index contributed by atoms with van der Waals surface area (Å²) in [4.78, 5) is 13.5. The van der Waals surface area contributed by atoms with E-state index in [0.717, 1.165) is 42.4 Å². The lowest BCUT2D eigenvalue weighted by atomic mass is 9.78. The number of hydrogen-bond donors (Lipinski definition) is 1. The van der Waals surface area contributed by atoms with Gasteiger partial charge in [0.15, 0.2) is 0 Å². The van der Waals surface area contributed by atoms with Crippen molar-refractivity contribution >= 4 is 11.8 Å². The third kappa shape index (κ3) is 3.44. The molecule has 1 aliphatic rings. The Morgan fingerprint density at radius 3 is 2.57 bits per heavy atom. The molecule has 1 aliphatic carbocycles. The van der Waals surface area contributed by atoms with Gasteiger partial charge in [-0.25, -0.2) is 4.98 Å². The van der Waals surface area contributed by atoms with Gasteiger partial charge in [0, 0.05) is 64.5 Å². The van der Waals surface area contributed by atoms with Crippen LogP contribution in [0.3, 0.4) is 0 Å². The van der Waals surface area contributed by atoms with Crippen LogP contribution < -0.4 is 15.5 Å². The lowest BCUT2D eigenvalue weighted by Crippen LogP contribution is -2.35. The van der Waals surface area contributed by atoms with Crippen molar-refractivity contribution in [3.63, 3.8) is 0 Å². The van der Waals surface area contributed by atoms with E-state index >= 15 is 0 Å². The Bertz CT molecular complexity index is 673. The normalized spacial score (nSPS) is 20.2. The number of nitrogens with zero attached hydrogens (tertiary/aromatic N) is 6. The maximum atomic E-state index is 5.93. The summed E-state index contributed by atoms with van der Waals surface area (Å²) in [7, 11) is 7.91. The fourth-order valence-corrected chi connectivity index (χ4v) is 2.86. The fourth-order valence-electron chi connectivity index (χ4n) is 2.86. The summed E-state index contributed by atoms with van der Waals surface area (Å²) >= 11 is 0. The van der Waals surface area contributed by atoms with Crippen LogP contribution in [0, 0.1) is 0 Å². The third-order valence-electron chi connectivity index (χ3n) is 4.28. The van der Waals surface area contributed by atoms with E-state index in [4.69, 9.17) is 10.7 Å². The molecule has 0 aliphatic heterocycles. The molecule has 7 heteroatoms. The minimum absolute atomic E-state index is 0.314. The van der Waals surface area contributed by atoms with Gasteiger partial charge in [0.1, 0.15) is 5.82 Å². The molecule has 23 heavy (non-hydrogen) atoms. The van der Waals surface area contributed by atoms with Gasteiger partial charge in [-0.1, -0.05) is 0 Å². The van der Waals surface area contributed by atoms with E-state index < -0.39 is 0 Å². The molecular formula is C16H25N7. The van der Waals surface area contributed by atoms with E-state index in [9.17, 15) is 0 Å². The predicted molar refractivity (Wildman–Crippen MR) is 91.6 cm³/mol. The second-order valence-corrected chi connectivity index (χ2v) is 6.65. The molecule has 3 rings (SSSR count). The highest BCUT2D eigenvalue weighted by Crippen LogP contribution is 2.36. The SMILES string of the molecule is CN(C)c1nc(C2CC(N)C2)cc(N(C)Cc2cnn(C)c2)n1. The molecule has 0 unspecified atom stereocenters. The summed E-state index contributed by atoms with van der Waals surface area (Å²) in [5.41, 5.74) is 8.19. The van der Waals surface area contributed by atoms with Crippen LogP contribution in [0.1, 0.15) is 30.0 Å². The van der Waals surface area contributed by atoms with Crippen molar-refractivity contribution in [1.29, 1.82) is 0 Å². The molecule has 0 aromatic carbocycles. The number of hydrogen-bond acceptors (Lipinski definition) is 6. The Morgan fingerprint density at radius 1 is 1.26 bits per heavy atom. The molecule has 2 heterocycles. The largest absolute Gasteiger partial charge is 0.355 e. The summed E-state index contributed by atoms with van der Waals surface area (Å²) in [5.74, 6) is 2.14. The number of rotatable bonds is 5. The lowest BCUT2D eigenvalue weighted by molar-refractivity contribution is 0.345. The maximum absolute atomic E-state index is 5.93. The van der Waals surface area contributed by atoms with Crippen LogP contribution in [-0.4, -0.2) is 46.9 Å². The fraction of sp³-hybridized carbons (Fsp3) is 0.562. The zero-order valence-corrected chi connectivity index (χ0v) is 14.3. The Kier molecular flexibility index (Phi) is 4.21. The van der Waals surface area contributed by atoms with Gasteiger partial charge in [-0.05, 0) is 12.8 Å². The van der Waals surface area contributed by atoms with Crippen molar-refractivity contribution in [2.24, 2.45) is 12.8 Å². The van der Waals surface area contributed by atoms with Crippen molar-refractivity contribution < 1.29 is 0 Å². The van der Waals surface area contributed by atoms with E-state index in [1.54, 1.807) is 0 Å². The van der Waals surface area contributed by atoms with Gasteiger partial charge < -0.3 is 15.5 Å². The number of aryl methyl sites for hydroxylation is 1. The minimum atomic E-state index is 0.314. The Labute approximate surface area is 137 Å². The summed E-state index contributed by atoms with van der Waals surface area (Å²) in [5, 5.41) is 4.22. The maximum Gasteiger partial charge on any atom is 0.227 e. The predicted octanol–water partition coefficient (Wildman–Crippen LogP) is 1.12. The smallest absolute Gasteiger partial charge is 0.227 e. The molecule has 1 fully saturated rings. The zero-order chi connectivity index (χ0) is 16.6. The van der Waals surface area contributed by atoms with Gasteiger partial charge in [-0.3, -0.25) is 4.68 Å². The quantitative estimate of drug-likeness (QED) is 0.891. The minimum Gasteiger partial charge on any atom is -0.355 e. The molecule has 7 nitrogen and oxygen atoms in total. The first kappa shape index (κ1) is 15.7. The Morgan fingerprint density at radius 2 is 2.00 bits per heavy atom. The van der Waals surface area contributed by atoms with Gasteiger partial charge in [-0.15, -0.1) is 0 Å². The first-order valence-electron chi connectivity index (χ1n) is 7.93. The highest BCUT2D eigenvalue weighted by atomic mass is 15.3. The molecule has 0 saturated heterocycles. The van der Waals surface area contributed by atoms with Crippen LogP contribution in [-0.2, 0) is 13.6 Å². The molecule has 2 aromatic rings. The second-order valence-electron chi connectivity index (χ2n) is 6.65. The zero-order valence-electron chi connectivity index (χ0n) is 14.3. The molecule has 0 spiro atoms. The van der Waals surface area contributed by atoms with Crippen LogP contribution in [0.5, 0.6) is 0 Å². The van der Waals surface area contributed by atoms with E-state index in [1.165, 1.54) is 0 Å². The summed E-state index contributed by atoms with van der Waals surface area (Å²) in [6.45, 7) is 0.765. The summed E-state index contributed by atoms with van der Waals surface area (Å²) in [6.07, 6.45) is 5.93. The van der Waals surface area contributed by atoms with Crippen LogP contribution >= 0.6 is 0 Å². The average Bonchev–Trinajstić information content (AvgIpc) is 2.88. The van der Waals surface area contributed by atoms with Crippen molar-refractivity contribution in [3.8, 4) is 0 Å². The van der Waals surface area contributed by atoms with Gasteiger partial charge in [0.2, 0.25) is 5.95 Å². The van der Waals surface area contributed by atoms with Crippen molar-refractivity contribution in [3.05, 3.63) is 29.7 Å². The monoisotopic (exact) mass is 315 g/mol. The molecule has 0 bridgehead atoms. The summed E-state index contributed by atoms with van der Waals surface area (Å²) in [6, 6.07) is 2.41. The molecule has 1 saturated carbocycles. The van der Waals surface area contributed by atoms with Crippen LogP contribution in [0.25, 0.3) is 0 Å². The first-order valence-corrected chi connectivity index (χ1v) is 7.93. The topological polar surface area (TPSA) is 76.1 Å². The molecule has 0 atom stereocenters. The standard InChI is InChI=1S/C16H25N7/c1-21(2)16-19-14(12-5-13(17)6-12)7-15(20-16)22(3)9-11-8-18-23(4)10-11/h7-8,10,12-13H,5-6,9,17H2,1-4H3. The van der Waals surface area contributed by atoms with Crippen molar-refractivity contribution in [2.45, 2.75) is 31.3 Å². The molecule has 2 N–H and O–H groups in total. The Balaban J connectivity index is 1.84. The van der Waals surface area contributed by atoms with E-state index in [-0.39, 0.29) is 0 Å². The highest BCUT2D eigenvalue weighted by molar-refractivity contribution is 5.46. The lowest BCUT2D eigenvalue weighted by Gasteiger charge is -2.33. The first-order chi connectivity index (χ1) is 10.9. The molecular weight excluding hydrogens is 290 g/mol. The number of anilines is 2. The molecule has 2 aromatic heterocycles. The van der Waals surface area contributed by atoms with Gasteiger partial charge >= 0.3 is 0 Å². The van der Waals surface area contributed by atoms with Crippen LogP contribution in [0.15, 0.2) is 18.5 Å². The van der Waals surface area contributed by atoms with E-state index in [1.807, 2.05) is 50.2 Å². The van der Waals surface area contributed by atoms with Crippen molar-refractivity contribution in [2.75, 3.05) is 30.9 Å². The molecule has 0 radical (unpaired) electrons. The molecule has 124 valence electrons. The van der Waals surface area contributed by atoms with Crippen LogP contribution in [0.4, 0.5) is 11.8 Å². The third-order valence-corrected chi connectivity index (χ3v) is 4.28. The van der Waals surface area contributed by atoms with E-state index in [0.29, 0.717) is 12.0 Å². The highest BCUT2D eigenvalue weighted by Gasteiger charge is 2.29. The average molecular weight is 315 g/mol. The summed E-state index contributed by atoms with van der Waals surface area (Å²) < 4.78 is 1.82. The second kappa shape index (κ2) is 6.16. The van der Waals surface area contributed by atoms with Crippen molar-refractivity contribution in [1.82, 2.24) is 19.7 Å². The number of nitrogens with two attached hydrogens (primary N) is 1. The van der Waals surface area contributed by atoms with Gasteiger partial charge in [-0.2, -0.15) is 10.1 Å². The number of aromatic nitrogens is 4. The van der Waals surface area contributed by atoms with Gasteiger partial charge in [0.05, 0.1) is 11.9 Å².